The smallest absolute Gasteiger partial charge is 0.153 e. The standard InChI is InChI=1S/C14H16N6O/c1-9-2-5-13(19-11(9)6-15)16-7-10-3-4-12(21-10)14-17-8-18-20-14/h2,5,8,10,12H,3-4,7H2,1H3,(H,16,19)(H,17,18,20)/t10-,12+/m1/s1. The van der Waals surface area contributed by atoms with Gasteiger partial charge in [-0.1, -0.05) is 6.07 Å². The van der Waals surface area contributed by atoms with E-state index >= 15 is 0 Å². The minimum absolute atomic E-state index is 0.0139. The van der Waals surface area contributed by atoms with Gasteiger partial charge in [-0.05, 0) is 31.4 Å². The summed E-state index contributed by atoms with van der Waals surface area (Å²) < 4.78 is 5.92. The maximum atomic E-state index is 8.98. The van der Waals surface area contributed by atoms with Crippen molar-refractivity contribution >= 4 is 5.82 Å². The van der Waals surface area contributed by atoms with E-state index in [4.69, 9.17) is 10.00 Å². The first-order valence-corrected chi connectivity index (χ1v) is 6.88. The zero-order valence-electron chi connectivity index (χ0n) is 11.7. The number of nitriles is 1. The molecule has 0 radical (unpaired) electrons. The van der Waals surface area contributed by atoms with E-state index in [1.54, 1.807) is 0 Å². The molecular formula is C14H16N6O. The molecule has 1 saturated heterocycles. The number of nitrogens with zero attached hydrogens (tertiary/aromatic N) is 4. The van der Waals surface area contributed by atoms with Gasteiger partial charge in [-0.25, -0.2) is 9.97 Å². The number of aromatic nitrogens is 4. The van der Waals surface area contributed by atoms with Crippen molar-refractivity contribution in [1.29, 1.82) is 5.26 Å². The van der Waals surface area contributed by atoms with Gasteiger partial charge in [0.15, 0.2) is 5.82 Å². The largest absolute Gasteiger partial charge is 0.367 e. The molecule has 1 aliphatic heterocycles. The van der Waals surface area contributed by atoms with E-state index in [9.17, 15) is 0 Å². The molecule has 21 heavy (non-hydrogen) atoms. The topological polar surface area (TPSA) is 99.5 Å². The molecule has 0 saturated carbocycles. The summed E-state index contributed by atoms with van der Waals surface area (Å²) in [5.74, 6) is 1.47. The molecule has 2 aromatic rings. The highest BCUT2D eigenvalue weighted by Gasteiger charge is 2.28. The van der Waals surface area contributed by atoms with Gasteiger partial charge in [-0.3, -0.25) is 5.10 Å². The van der Waals surface area contributed by atoms with Gasteiger partial charge in [-0.2, -0.15) is 10.4 Å². The monoisotopic (exact) mass is 284 g/mol. The summed E-state index contributed by atoms with van der Waals surface area (Å²) in [4.78, 5) is 8.39. The highest BCUT2D eigenvalue weighted by atomic mass is 16.5. The van der Waals surface area contributed by atoms with Crippen LogP contribution in [0.3, 0.4) is 0 Å². The quantitative estimate of drug-likeness (QED) is 0.886. The Kier molecular flexibility index (Phi) is 3.79. The van der Waals surface area contributed by atoms with E-state index in [0.717, 1.165) is 24.2 Å². The van der Waals surface area contributed by atoms with E-state index in [1.165, 1.54) is 6.33 Å². The fourth-order valence-electron chi connectivity index (χ4n) is 2.39. The van der Waals surface area contributed by atoms with Gasteiger partial charge in [0.25, 0.3) is 0 Å². The van der Waals surface area contributed by atoms with Gasteiger partial charge in [0, 0.05) is 6.54 Å². The van der Waals surface area contributed by atoms with Crippen LogP contribution in [0.5, 0.6) is 0 Å². The Hall–Kier alpha value is -2.46. The number of hydrogen-bond acceptors (Lipinski definition) is 6. The molecule has 0 amide bonds. The fourth-order valence-corrected chi connectivity index (χ4v) is 2.39. The normalized spacial score (nSPS) is 21.1. The van der Waals surface area contributed by atoms with Crippen molar-refractivity contribution < 1.29 is 4.74 Å². The average Bonchev–Trinajstić information content (AvgIpc) is 3.17. The zero-order chi connectivity index (χ0) is 14.7. The number of ether oxygens (including phenoxy) is 1. The first kappa shape index (κ1) is 13.5. The van der Waals surface area contributed by atoms with Crippen LogP contribution in [0, 0.1) is 18.3 Å². The number of nitrogens with one attached hydrogen (secondary N) is 2. The maximum Gasteiger partial charge on any atom is 0.153 e. The molecule has 0 aliphatic carbocycles. The number of aromatic amines is 1. The van der Waals surface area contributed by atoms with E-state index < -0.39 is 0 Å². The van der Waals surface area contributed by atoms with Crippen LogP contribution in [0.25, 0.3) is 0 Å². The molecule has 2 atom stereocenters. The van der Waals surface area contributed by atoms with Crippen LogP contribution in [0.4, 0.5) is 5.82 Å². The lowest BCUT2D eigenvalue weighted by atomic mass is 10.2. The number of aryl methyl sites for hydroxylation is 1. The van der Waals surface area contributed by atoms with Crippen molar-refractivity contribution in [2.24, 2.45) is 0 Å². The summed E-state index contributed by atoms with van der Waals surface area (Å²) in [6.45, 7) is 2.53. The summed E-state index contributed by atoms with van der Waals surface area (Å²) in [7, 11) is 0. The maximum absolute atomic E-state index is 8.98. The molecule has 1 aliphatic rings. The Labute approximate surface area is 122 Å². The van der Waals surface area contributed by atoms with Crippen molar-refractivity contribution in [2.75, 3.05) is 11.9 Å². The summed E-state index contributed by atoms with van der Waals surface area (Å²) >= 11 is 0. The second kappa shape index (κ2) is 5.89. The molecular weight excluding hydrogens is 268 g/mol. The minimum atomic E-state index is -0.0139. The summed E-state index contributed by atoms with van der Waals surface area (Å²) in [6, 6.07) is 5.85. The Morgan fingerprint density at radius 3 is 3.14 bits per heavy atom. The predicted octanol–water partition coefficient (Wildman–Crippen LogP) is 1.71. The first-order valence-electron chi connectivity index (χ1n) is 6.88. The lowest BCUT2D eigenvalue weighted by Crippen LogP contribution is -2.19. The van der Waals surface area contributed by atoms with Gasteiger partial charge >= 0.3 is 0 Å². The van der Waals surface area contributed by atoms with Gasteiger partial charge in [0.1, 0.15) is 30.0 Å². The van der Waals surface area contributed by atoms with E-state index in [2.05, 4.69) is 31.6 Å². The minimum Gasteiger partial charge on any atom is -0.367 e. The van der Waals surface area contributed by atoms with Gasteiger partial charge in [-0.15, -0.1) is 0 Å². The molecule has 7 heteroatoms. The molecule has 0 spiro atoms. The molecule has 0 bridgehead atoms. The number of hydrogen-bond donors (Lipinski definition) is 2. The van der Waals surface area contributed by atoms with Crippen LogP contribution in [0.2, 0.25) is 0 Å². The Morgan fingerprint density at radius 1 is 1.48 bits per heavy atom. The van der Waals surface area contributed by atoms with Gasteiger partial charge in [0.2, 0.25) is 0 Å². The molecule has 0 aromatic carbocycles. The van der Waals surface area contributed by atoms with Gasteiger partial charge < -0.3 is 10.1 Å². The van der Waals surface area contributed by atoms with Crippen LogP contribution in [-0.2, 0) is 4.74 Å². The zero-order valence-corrected chi connectivity index (χ0v) is 11.7. The number of pyridine rings is 1. The number of rotatable bonds is 4. The van der Waals surface area contributed by atoms with Crippen molar-refractivity contribution in [3.63, 3.8) is 0 Å². The average molecular weight is 284 g/mol. The van der Waals surface area contributed by atoms with Crippen molar-refractivity contribution in [3.05, 3.63) is 35.5 Å². The van der Waals surface area contributed by atoms with E-state index in [-0.39, 0.29) is 12.2 Å². The second-order valence-corrected chi connectivity index (χ2v) is 5.05. The van der Waals surface area contributed by atoms with Crippen molar-refractivity contribution in [1.82, 2.24) is 20.2 Å². The number of H-pyrrole nitrogens is 1. The highest BCUT2D eigenvalue weighted by Crippen LogP contribution is 2.30. The third-order valence-electron chi connectivity index (χ3n) is 3.56. The summed E-state index contributed by atoms with van der Waals surface area (Å²) in [5, 5.41) is 18.9. The molecule has 108 valence electrons. The summed E-state index contributed by atoms with van der Waals surface area (Å²) in [5.41, 5.74) is 1.33. The highest BCUT2D eigenvalue weighted by molar-refractivity contribution is 5.42. The third kappa shape index (κ3) is 3.01. The van der Waals surface area contributed by atoms with Crippen LogP contribution in [0.15, 0.2) is 18.5 Å². The van der Waals surface area contributed by atoms with E-state index in [0.29, 0.717) is 18.1 Å². The first-order chi connectivity index (χ1) is 10.3. The molecule has 7 nitrogen and oxygen atoms in total. The molecule has 2 aromatic heterocycles. The van der Waals surface area contributed by atoms with Crippen molar-refractivity contribution in [3.8, 4) is 6.07 Å². The second-order valence-electron chi connectivity index (χ2n) is 5.05. The fraction of sp³-hybridized carbons (Fsp3) is 0.429. The summed E-state index contributed by atoms with van der Waals surface area (Å²) in [6.07, 6.45) is 3.46. The Morgan fingerprint density at radius 2 is 2.38 bits per heavy atom. The lowest BCUT2D eigenvalue weighted by Gasteiger charge is -2.13. The molecule has 2 N–H and O–H groups in total. The predicted molar refractivity (Wildman–Crippen MR) is 75.4 cm³/mol. The van der Waals surface area contributed by atoms with Crippen molar-refractivity contribution in [2.45, 2.75) is 32.0 Å². The van der Waals surface area contributed by atoms with Crippen LogP contribution in [-0.4, -0.2) is 32.8 Å². The van der Waals surface area contributed by atoms with E-state index in [1.807, 2.05) is 19.1 Å². The SMILES string of the molecule is Cc1ccc(NC[C@H]2CC[C@@H](c3ncn[nH]3)O2)nc1C#N. The third-order valence-corrected chi connectivity index (χ3v) is 3.56. The van der Waals surface area contributed by atoms with Gasteiger partial charge in [0.05, 0.1) is 6.10 Å². The number of anilines is 1. The van der Waals surface area contributed by atoms with Crippen LogP contribution >= 0.6 is 0 Å². The lowest BCUT2D eigenvalue weighted by molar-refractivity contribution is 0.0472. The molecule has 3 rings (SSSR count). The van der Waals surface area contributed by atoms with Crippen LogP contribution in [0.1, 0.15) is 36.0 Å². The molecule has 0 unspecified atom stereocenters. The molecule has 3 heterocycles. The van der Waals surface area contributed by atoms with Crippen LogP contribution < -0.4 is 5.32 Å². The Bertz CT molecular complexity index is 648. The Balaban J connectivity index is 1.56. The molecule has 1 fully saturated rings.